The van der Waals surface area contributed by atoms with E-state index in [4.69, 9.17) is 22.1 Å². The van der Waals surface area contributed by atoms with Gasteiger partial charge in [0.25, 0.3) is 0 Å². The van der Waals surface area contributed by atoms with E-state index in [1.807, 2.05) is 231 Å². The molecule has 10 heteroatoms. The quantitative estimate of drug-likeness (QED) is 0.130. The summed E-state index contributed by atoms with van der Waals surface area (Å²) >= 11 is 3.46. The largest absolute Gasteiger partial charge is 1.00 e. The number of carbonyl (C=O) groups excluding carboxylic acids is 2. The standard InChI is InChI=1S/C42H26O4.C42H24O2.C18H10O2.C12H7BrO.H/c43-41(26-18-21-38-31(23-26)29-11-3-7-15-36(29)45-38)33-13-5-6-14-34(33)42(44,40-28-10-2-1-9-25(28)17-20-35(40)41)27-19-22-39-32(24-27)30-12-4-8-16-37(30)46-39;1-2-10-28-25(9-1)17-20-33-40(26-18-21-38-34(23-26)29-11-5-7-15-36(29)43-38)31-13-3-4-14-32(31)41(42(28)33)27-19-22-39-35(24-27)30-12-6-8-16-37(30)44-39;19-17-13-7-3-4-8-14(13)18(20)16-12-6-2-1-5-11(12)9-10-15(16)17;13-8-5-6-12-10(7-8)9-3-1-2-4-11(9)14-12;/h1-24,43-44H;1-24H;1-10H;1-7H;/q;;;;-1. The number of para-hydroxylation sites is 5. The number of hydrogen-bond donors (Lipinski definition) is 2. The van der Waals surface area contributed by atoms with Gasteiger partial charge >= 0.3 is 0 Å². The van der Waals surface area contributed by atoms with Crippen molar-refractivity contribution in [3.63, 3.8) is 0 Å². The first-order valence-corrected chi connectivity index (χ1v) is 42.2. The number of aliphatic hydroxyl groups is 2. The summed E-state index contributed by atoms with van der Waals surface area (Å²) in [5, 5.41) is 48.5. The van der Waals surface area contributed by atoms with Crippen LogP contribution in [-0.2, 0) is 11.2 Å². The van der Waals surface area contributed by atoms with Gasteiger partial charge in [-0.1, -0.05) is 307 Å². The average molecular weight is 1660 g/mol. The first-order valence-electron chi connectivity index (χ1n) is 41.4. The Bertz CT molecular complexity index is 8840. The van der Waals surface area contributed by atoms with Crippen LogP contribution in [0.5, 0.6) is 0 Å². The Morgan fingerprint density at radius 2 is 0.573 bits per heavy atom. The van der Waals surface area contributed by atoms with Crippen LogP contribution in [-0.4, -0.2) is 21.8 Å². The van der Waals surface area contributed by atoms with Crippen molar-refractivity contribution >= 4 is 191 Å². The molecule has 20 aromatic carbocycles. The van der Waals surface area contributed by atoms with Gasteiger partial charge in [-0.05, 0) is 201 Å². The molecule has 0 bridgehead atoms. The molecule has 0 saturated heterocycles. The first-order chi connectivity index (χ1) is 61.0. The third-order valence-corrected chi connectivity index (χ3v) is 25.9. The minimum atomic E-state index is -1.59. The van der Waals surface area contributed by atoms with Crippen LogP contribution in [0, 0.1) is 0 Å². The van der Waals surface area contributed by atoms with E-state index < -0.39 is 11.2 Å². The summed E-state index contributed by atoms with van der Waals surface area (Å²) in [7, 11) is 0. The van der Waals surface area contributed by atoms with Crippen molar-refractivity contribution in [3.05, 3.63) is 454 Å². The summed E-state index contributed by atoms with van der Waals surface area (Å²) in [4.78, 5) is 25.3. The molecule has 5 aromatic heterocycles. The molecule has 2 atom stereocenters. The number of furan rings is 5. The Balaban J connectivity index is 0.000000105. The second kappa shape index (κ2) is 28.3. The first kappa shape index (κ1) is 72.5. The van der Waals surface area contributed by atoms with E-state index in [0.29, 0.717) is 55.6 Å². The van der Waals surface area contributed by atoms with Crippen molar-refractivity contribution < 1.29 is 43.3 Å². The summed E-state index contributed by atoms with van der Waals surface area (Å²) in [5.74, 6) is -0.132. The molecule has 9 nitrogen and oxygen atoms in total. The molecule has 0 radical (unpaired) electrons. The van der Waals surface area contributed by atoms with Gasteiger partial charge < -0.3 is 33.7 Å². The second-order valence-electron chi connectivity index (χ2n) is 32.1. The molecule has 27 rings (SSSR count). The molecule has 586 valence electrons. The fourth-order valence-electron chi connectivity index (χ4n) is 19.8. The maximum Gasteiger partial charge on any atom is 0.195 e. The third kappa shape index (κ3) is 11.2. The lowest BCUT2D eigenvalue weighted by Gasteiger charge is -2.45. The molecule has 0 fully saturated rings. The van der Waals surface area contributed by atoms with Gasteiger partial charge in [0.2, 0.25) is 0 Å². The number of rotatable bonds is 4. The number of benzene rings is 20. The van der Waals surface area contributed by atoms with Crippen molar-refractivity contribution in [3.8, 4) is 22.3 Å². The van der Waals surface area contributed by atoms with Crippen LogP contribution in [0.4, 0.5) is 0 Å². The molecule has 124 heavy (non-hydrogen) atoms. The number of hydrogen-bond acceptors (Lipinski definition) is 9. The second-order valence-corrected chi connectivity index (χ2v) is 33.0. The summed E-state index contributed by atoms with van der Waals surface area (Å²) in [6.07, 6.45) is 0. The summed E-state index contributed by atoms with van der Waals surface area (Å²) in [6.45, 7) is 0. The van der Waals surface area contributed by atoms with Crippen LogP contribution >= 0.6 is 15.9 Å². The van der Waals surface area contributed by atoms with E-state index >= 15 is 0 Å². The van der Waals surface area contributed by atoms with Crippen LogP contribution in [0.1, 0.15) is 66.7 Å². The van der Waals surface area contributed by atoms with E-state index in [2.05, 4.69) is 149 Å². The Kier molecular flexibility index (Phi) is 16.5. The zero-order valence-corrected chi connectivity index (χ0v) is 67.7. The van der Waals surface area contributed by atoms with Crippen LogP contribution < -0.4 is 0 Å². The summed E-state index contributed by atoms with van der Waals surface area (Å²) in [5.41, 5.74) is 16.4. The molecule has 5 heterocycles. The minimum absolute atomic E-state index is 0. The van der Waals surface area contributed by atoms with E-state index in [9.17, 15) is 19.8 Å². The van der Waals surface area contributed by atoms with Crippen LogP contribution in [0.3, 0.4) is 0 Å². The highest BCUT2D eigenvalue weighted by molar-refractivity contribution is 9.10. The van der Waals surface area contributed by atoms with Gasteiger partial charge in [0.1, 0.15) is 67.0 Å². The van der Waals surface area contributed by atoms with Crippen molar-refractivity contribution in [2.45, 2.75) is 11.2 Å². The lowest BCUT2D eigenvalue weighted by atomic mass is 9.62. The molecule has 0 saturated carbocycles. The lowest BCUT2D eigenvalue weighted by molar-refractivity contribution is 0.0762. The number of carbonyl (C=O) groups is 2. The molecular weight excluding hydrogens is 1590 g/mol. The SMILES string of the molecule is Brc1ccc2oc3ccccc3c2c1.O=C1c2ccccc2C(=O)c2c1ccc1ccccc21.OC1(c2ccc3oc4ccccc4c3c2)c2ccccc2C(O)(c2ccc3oc4ccccc4c3c2)c2c1ccc1ccccc21.[H-].c1ccc2c(c1)ccc1c(-c3ccc4oc5ccccc5c4c3)c3ccccc3c(-c3ccc4oc5ccccc5c4c3)c12. The van der Waals surface area contributed by atoms with Gasteiger partial charge in [-0.2, -0.15) is 0 Å². The van der Waals surface area contributed by atoms with Gasteiger partial charge in [0.05, 0.1) is 0 Å². The Morgan fingerprint density at radius 3 is 1.10 bits per heavy atom. The molecule has 0 aliphatic heterocycles. The maximum absolute atomic E-state index is 13.4. The van der Waals surface area contributed by atoms with E-state index in [1.54, 1.807) is 30.3 Å². The fraction of sp³-hybridized carbons (Fsp3) is 0.0175. The normalized spacial score (nSPS) is 14.8. The fourth-order valence-corrected chi connectivity index (χ4v) is 20.1. The molecule has 25 aromatic rings. The van der Waals surface area contributed by atoms with E-state index in [1.165, 1.54) is 60.0 Å². The Labute approximate surface area is 717 Å². The predicted octanol–water partition coefficient (Wildman–Crippen LogP) is 29.9. The van der Waals surface area contributed by atoms with Crippen molar-refractivity contribution in [2.75, 3.05) is 0 Å². The number of fused-ring (bicyclic) bond motifs is 27. The highest BCUT2D eigenvalue weighted by Gasteiger charge is 2.52. The number of halogens is 1. The maximum atomic E-state index is 13.4. The molecule has 2 unspecified atom stereocenters. The lowest BCUT2D eigenvalue weighted by Crippen LogP contribution is -2.44. The smallest absolute Gasteiger partial charge is 0.195 e. The van der Waals surface area contributed by atoms with Gasteiger partial charge in [0.15, 0.2) is 11.6 Å². The van der Waals surface area contributed by atoms with Crippen molar-refractivity contribution in [1.82, 2.24) is 0 Å². The molecule has 0 spiro atoms. The minimum Gasteiger partial charge on any atom is -1.00 e. The number of ketones is 2. The van der Waals surface area contributed by atoms with E-state index in [-0.39, 0.29) is 13.0 Å². The molecule has 0 amide bonds. The average Bonchev–Trinajstić information content (AvgIpc) is 1.06. The zero-order chi connectivity index (χ0) is 82.6. The Hall–Kier alpha value is -15.6. The molecule has 2 aliphatic rings. The monoisotopic (exact) mass is 1660 g/mol. The highest BCUT2D eigenvalue weighted by Crippen LogP contribution is 2.57. The van der Waals surface area contributed by atoms with Gasteiger partial charge in [-0.25, -0.2) is 0 Å². The summed E-state index contributed by atoms with van der Waals surface area (Å²) in [6, 6.07) is 132. The van der Waals surface area contributed by atoms with Crippen LogP contribution in [0.15, 0.2) is 421 Å². The molecular formula is C114H68BrO9-. The van der Waals surface area contributed by atoms with E-state index in [0.717, 1.165) is 130 Å². The topological polar surface area (TPSA) is 140 Å². The third-order valence-electron chi connectivity index (χ3n) is 25.4. The highest BCUT2D eigenvalue weighted by atomic mass is 79.9. The Morgan fingerprint density at radius 1 is 0.226 bits per heavy atom. The van der Waals surface area contributed by atoms with Gasteiger partial charge in [-0.15, -0.1) is 0 Å². The molecule has 2 N–H and O–H groups in total. The van der Waals surface area contributed by atoms with Gasteiger partial charge in [-0.3, -0.25) is 9.59 Å². The predicted molar refractivity (Wildman–Crippen MR) is 506 cm³/mol. The van der Waals surface area contributed by atoms with Crippen LogP contribution in [0.2, 0.25) is 0 Å². The van der Waals surface area contributed by atoms with Crippen LogP contribution in [0.25, 0.3) is 186 Å². The summed E-state index contributed by atoms with van der Waals surface area (Å²) < 4.78 is 31.5. The van der Waals surface area contributed by atoms with Crippen molar-refractivity contribution in [2.24, 2.45) is 0 Å². The zero-order valence-electron chi connectivity index (χ0n) is 67.2. The van der Waals surface area contributed by atoms with Gasteiger partial charge in [0, 0.05) is 91.7 Å². The van der Waals surface area contributed by atoms with Crippen molar-refractivity contribution in [1.29, 1.82) is 0 Å². The molecule has 2 aliphatic carbocycles.